The average molecular weight is 171 g/mol. The quantitative estimate of drug-likeness (QED) is 0.657. The summed E-state index contributed by atoms with van der Waals surface area (Å²) in [5.41, 5.74) is 3.13. The van der Waals surface area contributed by atoms with Crippen LogP contribution in [0.1, 0.15) is 5.69 Å². The van der Waals surface area contributed by atoms with Crippen molar-refractivity contribution in [3.05, 3.63) is 42.5 Å². The van der Waals surface area contributed by atoms with Crippen LogP contribution in [-0.2, 0) is 0 Å². The van der Waals surface area contributed by atoms with Gasteiger partial charge in [-0.25, -0.2) is 0 Å². The summed E-state index contributed by atoms with van der Waals surface area (Å²) < 4.78 is 0. The Bertz CT molecular complexity index is 381. The van der Waals surface area contributed by atoms with Crippen LogP contribution in [0.3, 0.4) is 0 Å². The summed E-state index contributed by atoms with van der Waals surface area (Å²) in [6, 6.07) is 5.93. The minimum absolute atomic E-state index is 1.02. The van der Waals surface area contributed by atoms with Gasteiger partial charge in [-0.2, -0.15) is 10.2 Å². The van der Waals surface area contributed by atoms with Crippen LogP contribution in [0, 0.1) is 6.92 Å². The highest BCUT2D eigenvalue weighted by Crippen LogP contribution is 2.15. The van der Waals surface area contributed by atoms with Gasteiger partial charge in [-0.05, 0) is 19.1 Å². The predicted octanol–water partition coefficient (Wildman–Crippen LogP) is 1.85. The van der Waals surface area contributed by atoms with Crippen LogP contribution in [-0.4, -0.2) is 15.2 Å². The molecule has 0 aliphatic rings. The van der Waals surface area contributed by atoms with Gasteiger partial charge in [0.2, 0.25) is 0 Å². The fraction of sp³-hybridized carbons (Fsp3) is 0.100. The molecule has 64 valence electrons. The molecule has 0 fully saturated rings. The van der Waals surface area contributed by atoms with Crippen molar-refractivity contribution in [2.24, 2.45) is 0 Å². The summed E-state index contributed by atoms with van der Waals surface area (Å²) in [7, 11) is 0. The summed E-state index contributed by atoms with van der Waals surface area (Å²) in [5.74, 6) is 0. The molecule has 0 radical (unpaired) electrons. The van der Waals surface area contributed by atoms with Crippen molar-refractivity contribution < 1.29 is 0 Å². The maximum absolute atomic E-state index is 4.21. The zero-order valence-electron chi connectivity index (χ0n) is 7.31. The number of rotatable bonds is 1. The van der Waals surface area contributed by atoms with Gasteiger partial charge in [0.25, 0.3) is 0 Å². The van der Waals surface area contributed by atoms with Crippen molar-refractivity contribution in [3.63, 3.8) is 0 Å². The number of nitrogens with zero attached hydrogens (tertiary/aromatic N) is 3. The minimum Gasteiger partial charge on any atom is -0.261 e. The van der Waals surface area contributed by atoms with E-state index in [0.29, 0.717) is 0 Å². The molecule has 3 nitrogen and oxygen atoms in total. The Morgan fingerprint density at radius 2 is 1.77 bits per heavy atom. The van der Waals surface area contributed by atoms with Gasteiger partial charge in [0.05, 0.1) is 12.4 Å². The van der Waals surface area contributed by atoms with Gasteiger partial charge in [0.1, 0.15) is 0 Å². The van der Waals surface area contributed by atoms with Gasteiger partial charge < -0.3 is 0 Å². The molecule has 13 heavy (non-hydrogen) atoms. The molecule has 2 rings (SSSR count). The van der Waals surface area contributed by atoms with Crippen molar-refractivity contribution in [2.45, 2.75) is 6.92 Å². The molecule has 2 aromatic heterocycles. The van der Waals surface area contributed by atoms with Gasteiger partial charge in [-0.3, -0.25) is 4.98 Å². The summed E-state index contributed by atoms with van der Waals surface area (Å²) in [6.07, 6.45) is 5.24. The first-order valence-corrected chi connectivity index (χ1v) is 4.06. The molecule has 0 N–H and O–H groups in total. The lowest BCUT2D eigenvalue weighted by atomic mass is 10.1. The van der Waals surface area contributed by atoms with Gasteiger partial charge >= 0.3 is 0 Å². The van der Waals surface area contributed by atoms with E-state index in [2.05, 4.69) is 15.2 Å². The fourth-order valence-electron chi connectivity index (χ4n) is 1.10. The van der Waals surface area contributed by atoms with E-state index in [1.807, 2.05) is 31.3 Å². The Kier molecular flexibility index (Phi) is 2.00. The third kappa shape index (κ3) is 1.69. The Balaban J connectivity index is 2.42. The van der Waals surface area contributed by atoms with Crippen LogP contribution < -0.4 is 0 Å². The van der Waals surface area contributed by atoms with E-state index in [1.165, 1.54) is 0 Å². The number of hydrogen-bond acceptors (Lipinski definition) is 3. The fourth-order valence-corrected chi connectivity index (χ4v) is 1.10. The second kappa shape index (κ2) is 3.31. The Morgan fingerprint density at radius 1 is 0.923 bits per heavy atom. The summed E-state index contributed by atoms with van der Waals surface area (Å²) in [5, 5.41) is 7.52. The van der Waals surface area contributed by atoms with E-state index in [4.69, 9.17) is 0 Å². The van der Waals surface area contributed by atoms with Crippen LogP contribution >= 0.6 is 0 Å². The maximum atomic E-state index is 4.21. The first-order chi connectivity index (χ1) is 6.36. The van der Waals surface area contributed by atoms with E-state index in [-0.39, 0.29) is 0 Å². The van der Waals surface area contributed by atoms with Crippen molar-refractivity contribution in [1.82, 2.24) is 15.2 Å². The molecule has 0 aliphatic heterocycles. The molecule has 0 aromatic carbocycles. The highest BCUT2D eigenvalue weighted by Gasteiger charge is 1.96. The minimum atomic E-state index is 1.02. The topological polar surface area (TPSA) is 38.7 Å². The van der Waals surface area contributed by atoms with Crippen molar-refractivity contribution >= 4 is 0 Å². The normalized spacial score (nSPS) is 9.92. The van der Waals surface area contributed by atoms with Crippen molar-refractivity contribution in [2.75, 3.05) is 0 Å². The molecule has 0 saturated heterocycles. The first kappa shape index (κ1) is 7.86. The van der Waals surface area contributed by atoms with Crippen LogP contribution in [0.2, 0.25) is 0 Å². The van der Waals surface area contributed by atoms with Gasteiger partial charge in [0, 0.05) is 23.0 Å². The van der Waals surface area contributed by atoms with Gasteiger partial charge in [-0.1, -0.05) is 6.07 Å². The number of pyridine rings is 1. The van der Waals surface area contributed by atoms with Crippen LogP contribution in [0.25, 0.3) is 11.1 Å². The summed E-state index contributed by atoms with van der Waals surface area (Å²) >= 11 is 0. The lowest BCUT2D eigenvalue weighted by molar-refractivity contribution is 1.03. The van der Waals surface area contributed by atoms with E-state index in [9.17, 15) is 0 Å². The Morgan fingerprint density at radius 3 is 2.38 bits per heavy atom. The molecule has 0 atom stereocenters. The third-order valence-electron chi connectivity index (χ3n) is 1.83. The summed E-state index contributed by atoms with van der Waals surface area (Å²) in [4.78, 5) is 4.21. The van der Waals surface area contributed by atoms with Crippen LogP contribution in [0.15, 0.2) is 36.8 Å². The zero-order chi connectivity index (χ0) is 9.10. The molecule has 0 spiro atoms. The number of hydrogen-bond donors (Lipinski definition) is 0. The molecular weight excluding hydrogens is 162 g/mol. The Labute approximate surface area is 76.5 Å². The molecule has 0 aliphatic carbocycles. The number of aromatic nitrogens is 3. The highest BCUT2D eigenvalue weighted by atomic mass is 15.1. The van der Waals surface area contributed by atoms with Crippen LogP contribution in [0.5, 0.6) is 0 Å². The zero-order valence-corrected chi connectivity index (χ0v) is 7.31. The summed E-state index contributed by atoms with van der Waals surface area (Å²) in [6.45, 7) is 1.97. The average Bonchev–Trinajstić information content (AvgIpc) is 2.20. The molecule has 0 saturated carbocycles. The van der Waals surface area contributed by atoms with Gasteiger partial charge in [-0.15, -0.1) is 0 Å². The Hall–Kier alpha value is -1.77. The monoisotopic (exact) mass is 171 g/mol. The second-order valence-electron chi connectivity index (χ2n) is 2.82. The van der Waals surface area contributed by atoms with E-state index >= 15 is 0 Å². The maximum Gasteiger partial charge on any atom is 0.0575 e. The SMILES string of the molecule is Cc1ccc(-c2ccnnc2)cn1. The largest absolute Gasteiger partial charge is 0.261 e. The van der Waals surface area contributed by atoms with E-state index in [1.54, 1.807) is 12.4 Å². The van der Waals surface area contributed by atoms with Crippen molar-refractivity contribution in [3.8, 4) is 11.1 Å². The van der Waals surface area contributed by atoms with E-state index < -0.39 is 0 Å². The second-order valence-corrected chi connectivity index (χ2v) is 2.82. The highest BCUT2D eigenvalue weighted by molar-refractivity contribution is 5.60. The van der Waals surface area contributed by atoms with Crippen LogP contribution in [0.4, 0.5) is 0 Å². The molecule has 2 heterocycles. The predicted molar refractivity (Wildman–Crippen MR) is 50.0 cm³/mol. The first-order valence-electron chi connectivity index (χ1n) is 4.06. The molecule has 0 amide bonds. The lowest BCUT2D eigenvalue weighted by Crippen LogP contribution is -1.84. The molecular formula is C10H9N3. The van der Waals surface area contributed by atoms with Gasteiger partial charge in [0.15, 0.2) is 0 Å². The lowest BCUT2D eigenvalue weighted by Gasteiger charge is -1.98. The molecule has 0 bridgehead atoms. The van der Waals surface area contributed by atoms with Crippen molar-refractivity contribution in [1.29, 1.82) is 0 Å². The number of aryl methyl sites for hydroxylation is 1. The standard InChI is InChI=1S/C10H9N3/c1-8-2-3-9(6-11-8)10-4-5-12-13-7-10/h2-7H,1H3. The third-order valence-corrected chi connectivity index (χ3v) is 1.83. The molecule has 2 aromatic rings. The smallest absolute Gasteiger partial charge is 0.0575 e. The molecule has 0 unspecified atom stereocenters. The van der Waals surface area contributed by atoms with E-state index in [0.717, 1.165) is 16.8 Å². The molecule has 3 heteroatoms.